The van der Waals surface area contributed by atoms with Crippen molar-refractivity contribution in [1.29, 1.82) is 0 Å². The van der Waals surface area contributed by atoms with Gasteiger partial charge in [-0.1, -0.05) is 39.3 Å². The molecule has 0 spiro atoms. The zero-order chi connectivity index (χ0) is 25.8. The van der Waals surface area contributed by atoms with Gasteiger partial charge in [-0.25, -0.2) is 5.48 Å². The third-order valence-corrected chi connectivity index (χ3v) is 9.73. The van der Waals surface area contributed by atoms with Gasteiger partial charge in [-0.3, -0.25) is 9.63 Å². The van der Waals surface area contributed by atoms with E-state index in [4.69, 9.17) is 9.57 Å². The van der Waals surface area contributed by atoms with Crippen LogP contribution in [0.2, 0.25) is 0 Å². The van der Waals surface area contributed by atoms with Gasteiger partial charge < -0.3 is 25.4 Å². The van der Waals surface area contributed by atoms with Gasteiger partial charge in [-0.15, -0.1) is 11.8 Å². The number of hydrogen-bond donors (Lipinski definition) is 5. The van der Waals surface area contributed by atoms with Crippen LogP contribution in [0.3, 0.4) is 0 Å². The van der Waals surface area contributed by atoms with Gasteiger partial charge in [0.2, 0.25) is 5.91 Å². The van der Waals surface area contributed by atoms with Crippen LogP contribution in [0.25, 0.3) is 0 Å². The fraction of sp³-hybridized carbons (Fsp3) is 0.889. The Bertz CT molecular complexity index is 754. The third kappa shape index (κ3) is 6.47. The Morgan fingerprint density at radius 3 is 2.69 bits per heavy atom. The summed E-state index contributed by atoms with van der Waals surface area (Å²) in [5.74, 6) is 1.72. The Labute approximate surface area is 219 Å². The highest BCUT2D eigenvalue weighted by atomic mass is 32.2. The molecule has 4 rings (SSSR count). The lowest BCUT2D eigenvalue weighted by Gasteiger charge is -2.45. The number of ether oxygens (including phenoxy) is 1. The number of rotatable bonds is 4. The molecular weight excluding hydrogens is 480 g/mol. The maximum atomic E-state index is 13.8. The number of carbonyl (C=O) groups excluding carboxylic acids is 1. The molecule has 2 bridgehead atoms. The summed E-state index contributed by atoms with van der Waals surface area (Å²) in [5.41, 5.74) is 2.42. The molecule has 3 fully saturated rings. The number of carbonyl (C=O) groups is 1. The smallest absolute Gasteiger partial charge is 0.226 e. The maximum absolute atomic E-state index is 13.8. The number of nitrogens with one attached hydrogen (secondary N) is 2. The first kappa shape index (κ1) is 28.3. The van der Waals surface area contributed by atoms with E-state index in [0.717, 1.165) is 57.2 Å². The zero-order valence-electron chi connectivity index (χ0n) is 21.9. The van der Waals surface area contributed by atoms with Crippen LogP contribution in [0.4, 0.5) is 0 Å². The van der Waals surface area contributed by atoms with E-state index < -0.39 is 35.9 Å². The van der Waals surface area contributed by atoms with Crippen molar-refractivity contribution in [2.75, 3.05) is 12.3 Å². The summed E-state index contributed by atoms with van der Waals surface area (Å²) >= 11 is 1.47. The van der Waals surface area contributed by atoms with Crippen LogP contribution < -0.4 is 10.8 Å². The predicted octanol–water partition coefficient (Wildman–Crippen LogP) is 2.37. The first-order valence-electron chi connectivity index (χ1n) is 13.9. The summed E-state index contributed by atoms with van der Waals surface area (Å²) in [7, 11) is 0. The number of allylic oxidation sites excluding steroid dienone is 1. The van der Waals surface area contributed by atoms with Crippen molar-refractivity contribution in [2.24, 2.45) is 29.6 Å². The minimum Gasteiger partial charge on any atom is -0.388 e. The number of amides is 1. The van der Waals surface area contributed by atoms with E-state index in [9.17, 15) is 20.1 Å². The molecule has 0 radical (unpaired) electrons. The minimum absolute atomic E-state index is 0.0862. The van der Waals surface area contributed by atoms with E-state index in [1.807, 2.05) is 6.92 Å². The molecule has 3 aliphatic heterocycles. The van der Waals surface area contributed by atoms with Crippen LogP contribution in [-0.2, 0) is 14.4 Å². The Kier molecular flexibility index (Phi) is 10.2. The molecule has 1 amide bonds. The molecule has 3 heterocycles. The summed E-state index contributed by atoms with van der Waals surface area (Å²) in [5, 5.41) is 35.4. The summed E-state index contributed by atoms with van der Waals surface area (Å²) in [4.78, 5) is 19.8. The van der Waals surface area contributed by atoms with E-state index in [1.54, 1.807) is 0 Å². The van der Waals surface area contributed by atoms with Gasteiger partial charge in [0.1, 0.15) is 29.9 Å². The number of hydrogen-bond acceptors (Lipinski definition) is 8. The number of fused-ring (bicyclic) bond motifs is 3. The second-order valence-corrected chi connectivity index (χ2v) is 12.9. The van der Waals surface area contributed by atoms with Crippen molar-refractivity contribution >= 4 is 17.7 Å². The van der Waals surface area contributed by atoms with Crippen LogP contribution in [0.5, 0.6) is 0 Å². The summed E-state index contributed by atoms with van der Waals surface area (Å²) in [6.45, 7) is 7.27. The lowest BCUT2D eigenvalue weighted by molar-refractivity contribution is -0.207. The van der Waals surface area contributed by atoms with Gasteiger partial charge in [-0.2, -0.15) is 0 Å². The number of hydroxylamine groups is 1. The topological polar surface area (TPSA) is 120 Å². The highest BCUT2D eigenvalue weighted by Gasteiger charge is 2.50. The second-order valence-electron chi connectivity index (χ2n) is 11.7. The monoisotopic (exact) mass is 526 g/mol. The van der Waals surface area contributed by atoms with Gasteiger partial charge >= 0.3 is 0 Å². The Morgan fingerprint density at radius 2 is 1.92 bits per heavy atom. The van der Waals surface area contributed by atoms with Crippen molar-refractivity contribution in [3.63, 3.8) is 0 Å². The molecule has 0 aromatic carbocycles. The Balaban J connectivity index is 1.55. The van der Waals surface area contributed by atoms with Gasteiger partial charge in [0.25, 0.3) is 0 Å². The summed E-state index contributed by atoms with van der Waals surface area (Å²) in [6, 6.07) is -0.545. The fourth-order valence-corrected chi connectivity index (χ4v) is 7.67. The average molecular weight is 527 g/mol. The van der Waals surface area contributed by atoms with Gasteiger partial charge in [0.15, 0.2) is 0 Å². The van der Waals surface area contributed by atoms with E-state index in [2.05, 4.69) is 36.8 Å². The molecule has 5 N–H and O–H groups in total. The SMILES string of the molecule is CC(C)C[C@@H]1CCC[C@H](C(=O)N[C@H]2[C@H]3O[C@H](SCCCC/C=C\[C@H]2C)[C@H](O)[C@@H](O)[C@H]3O)[C@@H]2ONCC12. The van der Waals surface area contributed by atoms with Crippen molar-refractivity contribution in [3.05, 3.63) is 12.2 Å². The maximum Gasteiger partial charge on any atom is 0.226 e. The van der Waals surface area contributed by atoms with Crippen LogP contribution in [0.15, 0.2) is 12.2 Å². The average Bonchev–Trinajstić information content (AvgIpc) is 3.25. The van der Waals surface area contributed by atoms with E-state index in [1.165, 1.54) is 11.8 Å². The first-order chi connectivity index (χ1) is 17.3. The van der Waals surface area contributed by atoms with Crippen LogP contribution in [-0.4, -0.2) is 75.5 Å². The molecule has 4 aliphatic rings. The van der Waals surface area contributed by atoms with Gasteiger partial charge in [0, 0.05) is 12.5 Å². The number of aliphatic hydroxyl groups excluding tert-OH is 3. The third-order valence-electron chi connectivity index (χ3n) is 8.49. The molecule has 0 aromatic heterocycles. The number of thioether (sulfide) groups is 1. The summed E-state index contributed by atoms with van der Waals surface area (Å²) in [6.07, 6.45) is 6.31. The van der Waals surface area contributed by atoms with Crippen LogP contribution in [0.1, 0.15) is 65.7 Å². The molecule has 1 aliphatic carbocycles. The lowest BCUT2D eigenvalue weighted by atomic mass is 9.79. The highest BCUT2D eigenvalue weighted by molar-refractivity contribution is 7.99. The van der Waals surface area contributed by atoms with Crippen molar-refractivity contribution in [1.82, 2.24) is 10.8 Å². The zero-order valence-corrected chi connectivity index (χ0v) is 22.7. The van der Waals surface area contributed by atoms with Crippen molar-refractivity contribution < 1.29 is 29.7 Å². The second kappa shape index (κ2) is 12.9. The largest absolute Gasteiger partial charge is 0.388 e. The Hall–Kier alpha value is -0.680. The fourth-order valence-electron chi connectivity index (χ4n) is 6.50. The van der Waals surface area contributed by atoms with Crippen LogP contribution in [0, 0.1) is 29.6 Å². The molecule has 36 heavy (non-hydrogen) atoms. The molecule has 1 saturated carbocycles. The van der Waals surface area contributed by atoms with E-state index in [0.29, 0.717) is 17.8 Å². The number of aliphatic hydroxyl groups is 3. The van der Waals surface area contributed by atoms with Crippen molar-refractivity contribution in [3.8, 4) is 0 Å². The van der Waals surface area contributed by atoms with E-state index >= 15 is 0 Å². The van der Waals surface area contributed by atoms with E-state index in [-0.39, 0.29) is 23.8 Å². The van der Waals surface area contributed by atoms with Gasteiger partial charge in [0.05, 0.1) is 18.1 Å². The molecule has 11 atom stereocenters. The Morgan fingerprint density at radius 1 is 1.11 bits per heavy atom. The standard InChI is InChI=1S/C27H46N2O6S/c1-15(2)13-17-10-8-11-18(24-19(17)14-28-35-24)26(33)29-20-16(3)9-6-4-5-7-12-36-27-23(32)21(30)22(31)25(20)34-27/h6,9,15-25,27-28,30-32H,4-5,7-8,10-14H2,1-3H3,(H,29,33)/b9-6-/t16-,17+,18+,19?,20-,21+,22-,23-,24+,25-,27-/m1/s1. The molecular formula is C27H46N2O6S. The van der Waals surface area contributed by atoms with Crippen molar-refractivity contribution in [2.45, 2.75) is 108 Å². The van der Waals surface area contributed by atoms with Crippen LogP contribution >= 0.6 is 11.8 Å². The quantitative estimate of drug-likeness (QED) is 0.354. The predicted molar refractivity (Wildman–Crippen MR) is 140 cm³/mol. The van der Waals surface area contributed by atoms with Gasteiger partial charge in [-0.05, 0) is 62.0 Å². The first-order valence-corrected chi connectivity index (χ1v) is 15.0. The highest BCUT2D eigenvalue weighted by Crippen LogP contribution is 2.40. The molecule has 8 nitrogen and oxygen atoms in total. The molecule has 0 aromatic rings. The molecule has 9 heteroatoms. The normalized spacial score (nSPS) is 45.1. The summed E-state index contributed by atoms with van der Waals surface area (Å²) < 4.78 is 6.21. The molecule has 1 unspecified atom stereocenters. The minimum atomic E-state index is -1.33. The molecule has 206 valence electrons. The molecule has 2 saturated heterocycles. The lowest BCUT2D eigenvalue weighted by Crippen LogP contribution is -2.64.